The van der Waals surface area contributed by atoms with Crippen LogP contribution in [0.4, 0.5) is 0 Å². The van der Waals surface area contributed by atoms with Gasteiger partial charge in [-0.2, -0.15) is 0 Å². The summed E-state index contributed by atoms with van der Waals surface area (Å²) in [6, 6.07) is 0. The molecule has 0 spiro atoms. The van der Waals surface area contributed by atoms with E-state index in [1.54, 1.807) is 0 Å². The molecule has 3 atom stereocenters. The molecule has 0 aromatic carbocycles. The van der Waals surface area contributed by atoms with Gasteiger partial charge >= 0.3 is 0 Å². The van der Waals surface area contributed by atoms with E-state index in [2.05, 4.69) is 25.7 Å². The fraction of sp³-hybridized carbons (Fsp3) is 1.00. The van der Waals surface area contributed by atoms with Gasteiger partial charge in [-0.05, 0) is 30.6 Å². The molecular formula is C10H20O2. The topological polar surface area (TPSA) is 29.5 Å². The van der Waals surface area contributed by atoms with Crippen molar-refractivity contribution in [3.63, 3.8) is 0 Å². The molecule has 0 aromatic heterocycles. The van der Waals surface area contributed by atoms with Gasteiger partial charge in [0.1, 0.15) is 0 Å². The van der Waals surface area contributed by atoms with E-state index >= 15 is 0 Å². The van der Waals surface area contributed by atoms with Gasteiger partial charge in [-0.15, -0.1) is 0 Å². The van der Waals surface area contributed by atoms with Crippen LogP contribution in [0.2, 0.25) is 0 Å². The van der Waals surface area contributed by atoms with E-state index in [0.717, 1.165) is 6.42 Å². The Bertz CT molecular complexity index is 134. The minimum Gasteiger partial charge on any atom is -0.252 e. The van der Waals surface area contributed by atoms with Crippen molar-refractivity contribution in [3.8, 4) is 0 Å². The third kappa shape index (κ3) is 2.20. The van der Waals surface area contributed by atoms with Crippen LogP contribution >= 0.6 is 0 Å². The summed E-state index contributed by atoms with van der Waals surface area (Å²) in [7, 11) is 0. The highest BCUT2D eigenvalue weighted by Crippen LogP contribution is 2.34. The van der Waals surface area contributed by atoms with Gasteiger partial charge in [0.25, 0.3) is 0 Å². The zero-order valence-electron chi connectivity index (χ0n) is 8.29. The zero-order chi connectivity index (χ0) is 9.14. The SMILES string of the molecule is CC(C)[C@@H]1CC[C@@H](C)C[C@@H]1OO. The average Bonchev–Trinajstić information content (AvgIpc) is 2.03. The average molecular weight is 172 g/mol. The summed E-state index contributed by atoms with van der Waals surface area (Å²) in [6.07, 6.45) is 3.57. The minimum absolute atomic E-state index is 0.0775. The first-order chi connectivity index (χ1) is 5.65. The van der Waals surface area contributed by atoms with Gasteiger partial charge < -0.3 is 0 Å². The van der Waals surface area contributed by atoms with E-state index in [1.165, 1.54) is 12.8 Å². The molecule has 0 aromatic rings. The molecule has 1 aliphatic carbocycles. The molecule has 1 N–H and O–H groups in total. The Morgan fingerprint density at radius 2 is 2.00 bits per heavy atom. The monoisotopic (exact) mass is 172 g/mol. The second-order valence-corrected chi connectivity index (χ2v) is 4.47. The lowest BCUT2D eigenvalue weighted by atomic mass is 9.75. The normalized spacial score (nSPS) is 37.2. The first-order valence-electron chi connectivity index (χ1n) is 4.95. The number of hydrogen-bond acceptors (Lipinski definition) is 2. The molecule has 0 bridgehead atoms. The molecule has 1 saturated carbocycles. The van der Waals surface area contributed by atoms with Gasteiger partial charge in [0, 0.05) is 0 Å². The van der Waals surface area contributed by atoms with E-state index < -0.39 is 0 Å². The van der Waals surface area contributed by atoms with Crippen molar-refractivity contribution in [1.82, 2.24) is 0 Å². The molecule has 0 heterocycles. The third-order valence-electron chi connectivity index (χ3n) is 3.10. The largest absolute Gasteiger partial charge is 0.252 e. The molecule has 1 rings (SSSR count). The van der Waals surface area contributed by atoms with Gasteiger partial charge in [0.15, 0.2) is 0 Å². The highest BCUT2D eigenvalue weighted by atomic mass is 17.1. The Morgan fingerprint density at radius 1 is 1.33 bits per heavy atom. The summed E-state index contributed by atoms with van der Waals surface area (Å²) in [6.45, 7) is 6.63. The lowest BCUT2D eigenvalue weighted by Crippen LogP contribution is -2.33. The zero-order valence-corrected chi connectivity index (χ0v) is 8.29. The predicted octanol–water partition coefficient (Wildman–Crippen LogP) is 2.94. The van der Waals surface area contributed by atoms with Crippen molar-refractivity contribution < 1.29 is 10.1 Å². The molecule has 72 valence electrons. The van der Waals surface area contributed by atoms with Crippen LogP contribution in [-0.4, -0.2) is 11.4 Å². The molecule has 0 saturated heterocycles. The molecule has 0 unspecified atom stereocenters. The number of rotatable bonds is 2. The van der Waals surface area contributed by atoms with Gasteiger partial charge in [-0.25, -0.2) is 4.89 Å². The van der Waals surface area contributed by atoms with Crippen LogP contribution in [0.1, 0.15) is 40.0 Å². The molecule has 0 aliphatic heterocycles. The van der Waals surface area contributed by atoms with Gasteiger partial charge in [0.2, 0.25) is 0 Å². The fourth-order valence-corrected chi connectivity index (χ4v) is 2.24. The van der Waals surface area contributed by atoms with Gasteiger partial charge in [-0.3, -0.25) is 5.26 Å². The fourth-order valence-electron chi connectivity index (χ4n) is 2.24. The first kappa shape index (κ1) is 10.0. The van der Waals surface area contributed by atoms with Crippen molar-refractivity contribution in [3.05, 3.63) is 0 Å². The number of hydrogen-bond donors (Lipinski definition) is 1. The predicted molar refractivity (Wildman–Crippen MR) is 48.8 cm³/mol. The highest BCUT2D eigenvalue weighted by Gasteiger charge is 2.31. The Balaban J connectivity index is 2.50. The lowest BCUT2D eigenvalue weighted by molar-refractivity contribution is -0.301. The Morgan fingerprint density at radius 3 is 2.50 bits per heavy atom. The lowest BCUT2D eigenvalue weighted by Gasteiger charge is -2.34. The molecule has 0 amide bonds. The smallest absolute Gasteiger partial charge is 0.0960 e. The van der Waals surface area contributed by atoms with E-state index in [0.29, 0.717) is 17.8 Å². The summed E-state index contributed by atoms with van der Waals surface area (Å²) < 4.78 is 0. The molecule has 12 heavy (non-hydrogen) atoms. The van der Waals surface area contributed by atoms with E-state index in [4.69, 9.17) is 5.26 Å². The Kier molecular flexibility index (Phi) is 3.53. The summed E-state index contributed by atoms with van der Waals surface area (Å²) in [5, 5.41) is 8.73. The molecule has 1 fully saturated rings. The van der Waals surface area contributed by atoms with Crippen LogP contribution in [0, 0.1) is 17.8 Å². The Labute approximate surface area is 74.9 Å². The first-order valence-corrected chi connectivity index (χ1v) is 4.95. The van der Waals surface area contributed by atoms with E-state index in [1.807, 2.05) is 0 Å². The van der Waals surface area contributed by atoms with Crippen LogP contribution in [-0.2, 0) is 4.89 Å². The van der Waals surface area contributed by atoms with Crippen molar-refractivity contribution in [2.24, 2.45) is 17.8 Å². The van der Waals surface area contributed by atoms with E-state index in [9.17, 15) is 0 Å². The van der Waals surface area contributed by atoms with Crippen molar-refractivity contribution in [2.45, 2.75) is 46.1 Å². The standard InChI is InChI=1S/C10H20O2/c1-7(2)9-5-4-8(3)6-10(9)12-11/h7-11H,4-6H2,1-3H3/t8-,9+,10+/m1/s1. The maximum Gasteiger partial charge on any atom is 0.0960 e. The second kappa shape index (κ2) is 4.24. The summed E-state index contributed by atoms with van der Waals surface area (Å²) in [4.78, 5) is 4.54. The summed E-state index contributed by atoms with van der Waals surface area (Å²) >= 11 is 0. The highest BCUT2D eigenvalue weighted by molar-refractivity contribution is 4.80. The van der Waals surface area contributed by atoms with E-state index in [-0.39, 0.29) is 6.10 Å². The van der Waals surface area contributed by atoms with Crippen molar-refractivity contribution >= 4 is 0 Å². The molecule has 2 heteroatoms. The molecule has 2 nitrogen and oxygen atoms in total. The van der Waals surface area contributed by atoms with Gasteiger partial charge in [-0.1, -0.05) is 27.2 Å². The second-order valence-electron chi connectivity index (χ2n) is 4.47. The Hall–Kier alpha value is -0.0800. The van der Waals surface area contributed by atoms with Gasteiger partial charge in [0.05, 0.1) is 6.10 Å². The van der Waals surface area contributed by atoms with Crippen LogP contribution in [0.25, 0.3) is 0 Å². The molecular weight excluding hydrogens is 152 g/mol. The third-order valence-corrected chi connectivity index (χ3v) is 3.10. The maximum absolute atomic E-state index is 8.73. The summed E-state index contributed by atoms with van der Waals surface area (Å²) in [5.41, 5.74) is 0. The molecule has 1 aliphatic rings. The van der Waals surface area contributed by atoms with Crippen LogP contribution < -0.4 is 0 Å². The van der Waals surface area contributed by atoms with Crippen LogP contribution in [0.3, 0.4) is 0 Å². The van der Waals surface area contributed by atoms with Crippen LogP contribution in [0.5, 0.6) is 0 Å². The quantitative estimate of drug-likeness (QED) is 0.512. The van der Waals surface area contributed by atoms with Crippen molar-refractivity contribution in [2.75, 3.05) is 0 Å². The van der Waals surface area contributed by atoms with Crippen molar-refractivity contribution in [1.29, 1.82) is 0 Å². The minimum atomic E-state index is 0.0775. The van der Waals surface area contributed by atoms with Crippen LogP contribution in [0.15, 0.2) is 0 Å². The maximum atomic E-state index is 8.73. The molecule has 0 radical (unpaired) electrons. The summed E-state index contributed by atoms with van der Waals surface area (Å²) in [5.74, 6) is 1.87.